The van der Waals surface area contributed by atoms with Crippen LogP contribution >= 0.6 is 0 Å². The Morgan fingerprint density at radius 2 is 1.07 bits per heavy atom. The van der Waals surface area contributed by atoms with Crippen LogP contribution in [0.15, 0.2) is 48.5 Å². The number of Topliss-reactive ketones (excluding diaryl/α,β-unsaturated/α-hetero) is 1. The first-order valence-electron chi connectivity index (χ1n) is 19.3. The number of aliphatic carboxylic acids is 1. The first-order chi connectivity index (χ1) is 26.4. The molecule has 1 aliphatic carbocycles. The van der Waals surface area contributed by atoms with Crippen LogP contribution in [0.3, 0.4) is 0 Å². The van der Waals surface area contributed by atoms with E-state index >= 15 is 0 Å². The zero-order chi connectivity index (χ0) is 42.7. The third kappa shape index (κ3) is 15.7. The molecular weight excluding hydrogens is 736 g/mol. The molecule has 0 heterocycles. The number of fused-ring (bicyclic) bond motifs is 3. The van der Waals surface area contributed by atoms with Crippen LogP contribution in [0.1, 0.15) is 124 Å². The Balaban J connectivity index is 1.68. The van der Waals surface area contributed by atoms with Gasteiger partial charge in [-0.2, -0.15) is 0 Å². The number of ether oxygens (including phenoxy) is 4. The molecule has 0 spiro atoms. The lowest BCUT2D eigenvalue weighted by Crippen LogP contribution is -2.45. The van der Waals surface area contributed by atoms with Crippen molar-refractivity contribution in [2.45, 2.75) is 142 Å². The van der Waals surface area contributed by atoms with E-state index in [-0.39, 0.29) is 51.0 Å². The van der Waals surface area contributed by atoms with E-state index in [0.717, 1.165) is 22.3 Å². The van der Waals surface area contributed by atoms with Crippen LogP contribution < -0.4 is 10.6 Å². The third-order valence-electron chi connectivity index (χ3n) is 8.65. The van der Waals surface area contributed by atoms with Crippen LogP contribution in [0, 0.1) is 5.92 Å². The third-order valence-corrected chi connectivity index (χ3v) is 8.65. The normalized spacial score (nSPS) is 14.2. The van der Waals surface area contributed by atoms with Gasteiger partial charge in [0.1, 0.15) is 41.3 Å². The van der Waals surface area contributed by atoms with Gasteiger partial charge in [0.05, 0.1) is 5.92 Å². The number of amides is 2. The van der Waals surface area contributed by atoms with Crippen molar-refractivity contribution in [3.8, 4) is 11.1 Å². The Morgan fingerprint density at radius 1 is 0.614 bits per heavy atom. The van der Waals surface area contributed by atoms with Gasteiger partial charge in [-0.05, 0) is 104 Å². The van der Waals surface area contributed by atoms with Gasteiger partial charge in [-0.3, -0.25) is 19.2 Å². The molecule has 14 heteroatoms. The van der Waals surface area contributed by atoms with Gasteiger partial charge in [0.25, 0.3) is 0 Å². The highest BCUT2D eigenvalue weighted by atomic mass is 16.6. The summed E-state index contributed by atoms with van der Waals surface area (Å²) in [6.07, 6.45) is -2.68. The number of hydrogen-bond donors (Lipinski definition) is 3. The SMILES string of the molecule is CC(C)(C)OC(=O)[C@@H](CCC(=O)N[C@H](CCC(=O)O)C(=O)OC(C)(C)C)CC(=O)CC[C@@H](NC(=O)OCC1c2ccccc2-c2ccccc21)C(=O)OC(C)(C)C. The highest BCUT2D eigenvalue weighted by molar-refractivity contribution is 5.88. The van der Waals surface area contributed by atoms with Crippen molar-refractivity contribution in [2.24, 2.45) is 5.92 Å². The van der Waals surface area contributed by atoms with Crippen LogP contribution in [0.25, 0.3) is 11.1 Å². The maximum Gasteiger partial charge on any atom is 0.407 e. The predicted molar refractivity (Wildman–Crippen MR) is 210 cm³/mol. The zero-order valence-corrected chi connectivity index (χ0v) is 34.5. The number of ketones is 1. The van der Waals surface area contributed by atoms with Crippen molar-refractivity contribution in [1.29, 1.82) is 0 Å². The van der Waals surface area contributed by atoms with E-state index in [9.17, 15) is 33.6 Å². The lowest BCUT2D eigenvalue weighted by Gasteiger charge is -2.26. The monoisotopic (exact) mass is 794 g/mol. The standard InChI is InChI=1S/C43H58N2O12/c1-41(2,3)55-37(50)26(18-22-35(47)44-33(21-23-36(48)49)38(51)56-42(4,5)6)24-27(46)19-20-34(39(52)57-43(7,8)9)45-40(53)54-25-32-30-16-12-10-14-28(30)29-15-11-13-17-31(29)32/h10-17,26,32-34H,18-25H2,1-9H3,(H,44,47)(H,45,53)(H,48,49)/t26-,33+,34+/m0/s1. The van der Waals surface area contributed by atoms with Gasteiger partial charge in [0, 0.05) is 31.6 Å². The summed E-state index contributed by atoms with van der Waals surface area (Å²) < 4.78 is 22.1. The molecule has 0 unspecified atom stereocenters. The summed E-state index contributed by atoms with van der Waals surface area (Å²) in [6.45, 7) is 14.9. The first-order valence-corrected chi connectivity index (χ1v) is 19.3. The average molecular weight is 795 g/mol. The van der Waals surface area contributed by atoms with Crippen molar-refractivity contribution in [3.05, 3.63) is 59.7 Å². The number of carbonyl (C=O) groups is 7. The second-order valence-electron chi connectivity index (χ2n) is 17.2. The number of rotatable bonds is 18. The molecule has 2 aromatic carbocycles. The highest BCUT2D eigenvalue weighted by Gasteiger charge is 2.34. The smallest absolute Gasteiger partial charge is 0.407 e. The molecule has 0 bridgehead atoms. The van der Waals surface area contributed by atoms with Gasteiger partial charge in [-0.15, -0.1) is 0 Å². The minimum atomic E-state index is -1.26. The number of benzene rings is 2. The van der Waals surface area contributed by atoms with Gasteiger partial charge < -0.3 is 34.7 Å². The molecule has 14 nitrogen and oxygen atoms in total. The molecule has 0 saturated carbocycles. The van der Waals surface area contributed by atoms with Crippen LogP contribution in [-0.4, -0.2) is 82.3 Å². The van der Waals surface area contributed by atoms with Crippen molar-refractivity contribution >= 4 is 41.7 Å². The van der Waals surface area contributed by atoms with Crippen molar-refractivity contribution in [2.75, 3.05) is 6.61 Å². The Morgan fingerprint density at radius 3 is 1.56 bits per heavy atom. The topological polar surface area (TPSA) is 201 Å². The Kier molecular flexibility index (Phi) is 16.0. The maximum atomic E-state index is 13.4. The molecule has 0 saturated heterocycles. The summed E-state index contributed by atoms with van der Waals surface area (Å²) >= 11 is 0. The minimum Gasteiger partial charge on any atom is -0.481 e. The highest BCUT2D eigenvalue weighted by Crippen LogP contribution is 2.44. The number of carbonyl (C=O) groups excluding carboxylic acids is 6. The molecular formula is C43H58N2O12. The number of nitrogens with one attached hydrogen (secondary N) is 2. The molecule has 2 aromatic rings. The predicted octanol–water partition coefficient (Wildman–Crippen LogP) is 6.40. The van der Waals surface area contributed by atoms with E-state index in [4.69, 9.17) is 24.1 Å². The van der Waals surface area contributed by atoms with Crippen LogP contribution in [0.5, 0.6) is 0 Å². The number of esters is 3. The molecule has 3 atom stereocenters. The molecule has 1 aliphatic rings. The van der Waals surface area contributed by atoms with Gasteiger partial charge >= 0.3 is 30.0 Å². The summed E-state index contributed by atoms with van der Waals surface area (Å²) in [5.74, 6) is -5.85. The summed E-state index contributed by atoms with van der Waals surface area (Å²) in [5, 5.41) is 14.2. The van der Waals surface area contributed by atoms with E-state index in [0.29, 0.717) is 0 Å². The number of alkyl carbamates (subject to hydrolysis) is 1. The van der Waals surface area contributed by atoms with E-state index in [1.54, 1.807) is 62.3 Å². The molecule has 3 rings (SSSR count). The summed E-state index contributed by atoms with van der Waals surface area (Å²) in [5.41, 5.74) is 1.43. The molecule has 312 valence electrons. The van der Waals surface area contributed by atoms with Gasteiger partial charge in [-0.25, -0.2) is 14.4 Å². The summed E-state index contributed by atoms with van der Waals surface area (Å²) in [4.78, 5) is 90.1. The average Bonchev–Trinajstić information content (AvgIpc) is 3.40. The zero-order valence-electron chi connectivity index (χ0n) is 34.5. The Hall–Kier alpha value is -5.27. The lowest BCUT2D eigenvalue weighted by atomic mass is 9.93. The number of carboxylic acid groups (broad SMARTS) is 1. The van der Waals surface area contributed by atoms with Gasteiger partial charge in [0.2, 0.25) is 5.91 Å². The fraction of sp³-hybridized carbons (Fsp3) is 0.558. The molecule has 0 fully saturated rings. The van der Waals surface area contributed by atoms with Crippen LogP contribution in [0.4, 0.5) is 4.79 Å². The fourth-order valence-corrected chi connectivity index (χ4v) is 6.24. The molecule has 3 N–H and O–H groups in total. The summed E-state index contributed by atoms with van der Waals surface area (Å²) in [6, 6.07) is 13.2. The number of hydrogen-bond acceptors (Lipinski definition) is 11. The van der Waals surface area contributed by atoms with Crippen LogP contribution in [-0.2, 0) is 47.7 Å². The second-order valence-corrected chi connectivity index (χ2v) is 17.2. The van der Waals surface area contributed by atoms with Crippen LogP contribution in [0.2, 0.25) is 0 Å². The Labute approximate surface area is 334 Å². The van der Waals surface area contributed by atoms with Crippen molar-refractivity contribution in [3.63, 3.8) is 0 Å². The van der Waals surface area contributed by atoms with Gasteiger partial charge in [-0.1, -0.05) is 48.5 Å². The largest absolute Gasteiger partial charge is 0.481 e. The molecule has 0 aliphatic heterocycles. The second kappa shape index (κ2) is 19.7. The van der Waals surface area contributed by atoms with E-state index in [1.807, 2.05) is 48.5 Å². The number of carboxylic acids is 1. The molecule has 0 radical (unpaired) electrons. The minimum absolute atomic E-state index is 0.00303. The molecule has 2 amide bonds. The van der Waals surface area contributed by atoms with Gasteiger partial charge in [0.15, 0.2) is 0 Å². The quantitative estimate of drug-likeness (QED) is 0.111. The first kappa shape index (κ1) is 46.1. The van der Waals surface area contributed by atoms with E-state index in [2.05, 4.69) is 10.6 Å². The summed E-state index contributed by atoms with van der Waals surface area (Å²) in [7, 11) is 0. The van der Waals surface area contributed by atoms with E-state index < -0.39 is 82.9 Å². The van der Waals surface area contributed by atoms with Crippen molar-refractivity contribution < 1.29 is 57.6 Å². The van der Waals surface area contributed by atoms with E-state index in [1.165, 1.54) is 0 Å². The maximum absolute atomic E-state index is 13.4. The lowest BCUT2D eigenvalue weighted by molar-refractivity contribution is -0.162. The Bertz CT molecular complexity index is 1740. The molecule has 0 aromatic heterocycles. The van der Waals surface area contributed by atoms with Crippen molar-refractivity contribution in [1.82, 2.24) is 10.6 Å². The fourth-order valence-electron chi connectivity index (χ4n) is 6.24. The molecule has 57 heavy (non-hydrogen) atoms.